The summed E-state index contributed by atoms with van der Waals surface area (Å²) in [5.74, 6) is 0.0972. The molecule has 1 aromatic rings. The van der Waals surface area contributed by atoms with Gasteiger partial charge >= 0.3 is 0 Å². The van der Waals surface area contributed by atoms with Gasteiger partial charge in [-0.1, -0.05) is 30.3 Å². The van der Waals surface area contributed by atoms with E-state index in [2.05, 4.69) is 5.32 Å². The van der Waals surface area contributed by atoms with E-state index in [9.17, 15) is 4.79 Å². The molecule has 1 N–H and O–H groups in total. The van der Waals surface area contributed by atoms with E-state index in [4.69, 9.17) is 0 Å². The summed E-state index contributed by atoms with van der Waals surface area (Å²) in [4.78, 5) is 11.8. The van der Waals surface area contributed by atoms with Gasteiger partial charge in [-0.25, -0.2) is 0 Å². The highest BCUT2D eigenvalue weighted by molar-refractivity contribution is 6.04. The maximum Gasteiger partial charge on any atom is 0.187 e. The number of rotatable bonds is 2. The third-order valence-corrected chi connectivity index (χ3v) is 2.59. The van der Waals surface area contributed by atoms with Crippen LogP contribution in [0.15, 0.2) is 42.1 Å². The van der Waals surface area contributed by atoms with Crippen molar-refractivity contribution in [1.82, 2.24) is 5.32 Å². The van der Waals surface area contributed by atoms with Gasteiger partial charge in [-0.05, 0) is 19.3 Å². The van der Waals surface area contributed by atoms with Gasteiger partial charge in [-0.2, -0.15) is 0 Å². The van der Waals surface area contributed by atoms with Crippen LogP contribution in [0.5, 0.6) is 0 Å². The van der Waals surface area contributed by atoms with Crippen molar-refractivity contribution >= 4 is 5.78 Å². The Balaban J connectivity index is 2.08. The summed E-state index contributed by atoms with van der Waals surface area (Å²) in [6.07, 6.45) is 5.12. The van der Waals surface area contributed by atoms with Gasteiger partial charge in [-0.15, -0.1) is 0 Å². The number of ketones is 1. The zero-order valence-corrected chi connectivity index (χ0v) is 8.70. The summed E-state index contributed by atoms with van der Waals surface area (Å²) >= 11 is 0. The second-order valence-electron chi connectivity index (χ2n) is 3.78. The number of carbonyl (C=O) groups is 1. The minimum absolute atomic E-state index is 0.0972. The fraction of sp³-hybridized carbons (Fsp3) is 0.308. The van der Waals surface area contributed by atoms with E-state index < -0.39 is 0 Å². The largest absolute Gasteiger partial charge is 0.388 e. The Kier molecular flexibility index (Phi) is 3.18. The summed E-state index contributed by atoms with van der Waals surface area (Å²) in [6, 6.07) is 9.40. The van der Waals surface area contributed by atoms with Crippen LogP contribution in [0.25, 0.3) is 0 Å². The molecule has 0 bridgehead atoms. The molecule has 2 rings (SSSR count). The minimum Gasteiger partial charge on any atom is -0.388 e. The molecule has 0 radical (unpaired) electrons. The van der Waals surface area contributed by atoms with Crippen LogP contribution in [-0.2, 0) is 0 Å². The highest BCUT2D eigenvalue weighted by atomic mass is 16.1. The molecular weight excluding hydrogens is 186 g/mol. The van der Waals surface area contributed by atoms with Crippen molar-refractivity contribution in [2.45, 2.75) is 19.3 Å². The topological polar surface area (TPSA) is 29.1 Å². The van der Waals surface area contributed by atoms with E-state index in [-0.39, 0.29) is 5.78 Å². The van der Waals surface area contributed by atoms with Crippen LogP contribution in [-0.4, -0.2) is 12.3 Å². The predicted octanol–water partition coefficient (Wildman–Crippen LogP) is 2.53. The molecular formula is C13H15NO. The molecule has 0 saturated carbocycles. The average Bonchev–Trinajstić information content (AvgIpc) is 2.31. The molecule has 0 aliphatic carbocycles. The van der Waals surface area contributed by atoms with E-state index in [0.717, 1.165) is 24.2 Å². The smallest absolute Gasteiger partial charge is 0.187 e. The first-order valence-electron chi connectivity index (χ1n) is 5.40. The first-order valence-corrected chi connectivity index (χ1v) is 5.40. The van der Waals surface area contributed by atoms with Crippen LogP contribution in [0, 0.1) is 0 Å². The zero-order chi connectivity index (χ0) is 10.5. The molecule has 0 spiro atoms. The Morgan fingerprint density at radius 2 is 2.00 bits per heavy atom. The number of carbonyl (C=O) groups excluding carboxylic acids is 1. The standard InChI is InChI=1S/C13H15NO/c15-13(11-6-2-1-3-7-11)10-12-8-4-5-9-14-12/h1-3,6-7,10,14H,4-5,8-9H2/b12-10-. The van der Waals surface area contributed by atoms with Gasteiger partial charge in [0.1, 0.15) is 0 Å². The molecule has 1 aliphatic heterocycles. The molecule has 0 aromatic heterocycles. The van der Waals surface area contributed by atoms with Crippen molar-refractivity contribution in [2.24, 2.45) is 0 Å². The highest BCUT2D eigenvalue weighted by Crippen LogP contribution is 2.11. The van der Waals surface area contributed by atoms with E-state index in [0.29, 0.717) is 0 Å². The van der Waals surface area contributed by atoms with Gasteiger partial charge in [-0.3, -0.25) is 4.79 Å². The number of benzene rings is 1. The molecule has 0 unspecified atom stereocenters. The van der Waals surface area contributed by atoms with E-state index in [1.54, 1.807) is 6.08 Å². The fourth-order valence-corrected chi connectivity index (χ4v) is 1.74. The summed E-state index contributed by atoms with van der Waals surface area (Å²) in [6.45, 7) is 0.994. The zero-order valence-electron chi connectivity index (χ0n) is 8.70. The molecule has 0 atom stereocenters. The normalized spacial score (nSPS) is 18.5. The Hall–Kier alpha value is -1.57. The SMILES string of the molecule is O=C(/C=C1/CCCCN1)c1ccccc1. The molecule has 0 amide bonds. The van der Waals surface area contributed by atoms with Gasteiger partial charge in [0, 0.05) is 23.9 Å². The summed E-state index contributed by atoms with van der Waals surface area (Å²) in [7, 11) is 0. The average molecular weight is 201 g/mol. The first kappa shape index (κ1) is 9.97. The third-order valence-electron chi connectivity index (χ3n) is 2.59. The first-order chi connectivity index (χ1) is 7.36. The molecule has 2 heteroatoms. The summed E-state index contributed by atoms with van der Waals surface area (Å²) in [5, 5.41) is 3.26. The maximum absolute atomic E-state index is 11.8. The second-order valence-corrected chi connectivity index (χ2v) is 3.78. The Morgan fingerprint density at radius 1 is 1.20 bits per heavy atom. The minimum atomic E-state index is 0.0972. The lowest BCUT2D eigenvalue weighted by atomic mass is 10.1. The number of hydrogen-bond donors (Lipinski definition) is 1. The summed E-state index contributed by atoms with van der Waals surface area (Å²) in [5.41, 5.74) is 1.84. The van der Waals surface area contributed by atoms with Crippen LogP contribution < -0.4 is 5.32 Å². The van der Waals surface area contributed by atoms with Crippen LogP contribution in [0.1, 0.15) is 29.6 Å². The Bertz CT molecular complexity index is 359. The third kappa shape index (κ3) is 2.69. The number of nitrogens with one attached hydrogen (secondary N) is 1. The van der Waals surface area contributed by atoms with Gasteiger partial charge in [0.25, 0.3) is 0 Å². The van der Waals surface area contributed by atoms with Crippen molar-refractivity contribution in [3.05, 3.63) is 47.7 Å². The molecule has 1 saturated heterocycles. The lowest BCUT2D eigenvalue weighted by Gasteiger charge is -2.16. The van der Waals surface area contributed by atoms with Crippen molar-refractivity contribution < 1.29 is 4.79 Å². The van der Waals surface area contributed by atoms with Crippen molar-refractivity contribution in [1.29, 1.82) is 0 Å². The lowest BCUT2D eigenvalue weighted by Crippen LogP contribution is -2.20. The number of hydrogen-bond acceptors (Lipinski definition) is 2. The Labute approximate surface area is 90.0 Å². The van der Waals surface area contributed by atoms with Gasteiger partial charge in [0.2, 0.25) is 0 Å². The monoisotopic (exact) mass is 201 g/mol. The molecule has 2 nitrogen and oxygen atoms in total. The fourth-order valence-electron chi connectivity index (χ4n) is 1.74. The van der Waals surface area contributed by atoms with Crippen LogP contribution >= 0.6 is 0 Å². The lowest BCUT2D eigenvalue weighted by molar-refractivity contribution is 0.104. The molecule has 15 heavy (non-hydrogen) atoms. The molecule has 78 valence electrons. The van der Waals surface area contributed by atoms with Gasteiger partial charge in [0.05, 0.1) is 0 Å². The highest BCUT2D eigenvalue weighted by Gasteiger charge is 2.07. The Morgan fingerprint density at radius 3 is 2.67 bits per heavy atom. The van der Waals surface area contributed by atoms with E-state index in [1.165, 1.54) is 12.8 Å². The summed E-state index contributed by atoms with van der Waals surface area (Å²) < 4.78 is 0. The van der Waals surface area contributed by atoms with Crippen molar-refractivity contribution in [3.63, 3.8) is 0 Å². The van der Waals surface area contributed by atoms with Crippen LogP contribution in [0.3, 0.4) is 0 Å². The molecule has 1 fully saturated rings. The van der Waals surface area contributed by atoms with Crippen molar-refractivity contribution in [2.75, 3.05) is 6.54 Å². The predicted molar refractivity (Wildman–Crippen MR) is 60.7 cm³/mol. The maximum atomic E-state index is 11.8. The van der Waals surface area contributed by atoms with Gasteiger partial charge < -0.3 is 5.32 Å². The quantitative estimate of drug-likeness (QED) is 0.588. The molecule has 1 heterocycles. The molecule has 1 aliphatic rings. The van der Waals surface area contributed by atoms with E-state index >= 15 is 0 Å². The number of piperidine rings is 1. The van der Waals surface area contributed by atoms with E-state index in [1.807, 2.05) is 30.3 Å². The van der Waals surface area contributed by atoms with Gasteiger partial charge in [0.15, 0.2) is 5.78 Å². The second kappa shape index (κ2) is 4.78. The van der Waals surface area contributed by atoms with Crippen LogP contribution in [0.4, 0.5) is 0 Å². The van der Waals surface area contributed by atoms with Crippen molar-refractivity contribution in [3.8, 4) is 0 Å². The number of allylic oxidation sites excluding steroid dienone is 2. The molecule has 1 aromatic carbocycles. The van der Waals surface area contributed by atoms with Crippen LogP contribution in [0.2, 0.25) is 0 Å².